The van der Waals surface area contributed by atoms with Crippen molar-refractivity contribution in [1.82, 2.24) is 0 Å². The zero-order valence-corrected chi connectivity index (χ0v) is 8.96. The predicted molar refractivity (Wildman–Crippen MR) is 53.0 cm³/mol. The lowest BCUT2D eigenvalue weighted by molar-refractivity contribution is 0.278. The summed E-state index contributed by atoms with van der Waals surface area (Å²) in [7, 11) is 0.629. The quantitative estimate of drug-likeness (QED) is 0.291. The van der Waals surface area contributed by atoms with Crippen LogP contribution in [-0.4, -0.2) is 36.5 Å². The second kappa shape index (κ2) is 6.43. The third-order valence-electron chi connectivity index (χ3n) is 1.57. The molecule has 9 heteroatoms. The van der Waals surface area contributed by atoms with Crippen molar-refractivity contribution in [2.24, 2.45) is 0 Å². The maximum atomic E-state index is 12.9. The average molecular weight is 255 g/mol. The van der Waals surface area contributed by atoms with Gasteiger partial charge in [-0.2, -0.15) is 0 Å². The highest BCUT2D eigenvalue weighted by atomic mass is 19.2. The van der Waals surface area contributed by atoms with Gasteiger partial charge in [-0.05, 0) is 0 Å². The highest BCUT2D eigenvalue weighted by Gasteiger charge is 2.19. The maximum Gasteiger partial charge on any atom is 0.631 e. The molecule has 0 saturated carbocycles. The molecule has 0 saturated heterocycles. The van der Waals surface area contributed by atoms with Crippen LogP contribution in [0.3, 0.4) is 0 Å². The lowest BCUT2D eigenvalue weighted by atomic mass is 10.2. The Bertz CT molecular complexity index is 387. The molecular weight excluding hydrogens is 245 g/mol. The van der Waals surface area contributed by atoms with Crippen LogP contribution < -0.4 is 4.90 Å². The zero-order valence-electron chi connectivity index (χ0n) is 8.96. The number of rotatable bonds is 1. The van der Waals surface area contributed by atoms with Crippen molar-refractivity contribution in [2.45, 2.75) is 0 Å². The summed E-state index contributed by atoms with van der Waals surface area (Å²) in [4.78, 5) is 1.15. The van der Waals surface area contributed by atoms with Crippen molar-refractivity contribution in [2.75, 3.05) is 19.0 Å². The van der Waals surface area contributed by atoms with Gasteiger partial charge in [0, 0.05) is 20.2 Å². The van der Waals surface area contributed by atoms with Gasteiger partial charge in [0.25, 0.3) is 0 Å². The summed E-state index contributed by atoms with van der Waals surface area (Å²) in [6.07, 6.45) is 0. The monoisotopic (exact) mass is 255 g/mol. The Kier molecular flexibility index (Phi) is 5.93. The predicted octanol–water partition coefficient (Wildman–Crippen LogP) is 0.257. The molecule has 0 aliphatic rings. The van der Waals surface area contributed by atoms with Crippen LogP contribution in [0.15, 0.2) is 6.07 Å². The lowest BCUT2D eigenvalue weighted by Crippen LogP contribution is -2.13. The number of hydrogen-bond acceptors (Lipinski definition) is 4. The van der Waals surface area contributed by atoms with E-state index in [1.165, 1.54) is 14.1 Å². The summed E-state index contributed by atoms with van der Waals surface area (Å²) in [6, 6.07) is 0.605. The molecule has 0 heterocycles. The fourth-order valence-electron chi connectivity index (χ4n) is 0.886. The molecule has 0 unspecified atom stereocenters. The molecule has 0 aromatic heterocycles. The molecule has 0 radical (unpaired) electrons. The number of benzene rings is 1. The summed E-state index contributed by atoms with van der Waals surface area (Å²) < 4.78 is 50.5. The molecule has 96 valence electrons. The topological polar surface area (TPSA) is 63.9 Å². The third-order valence-corrected chi connectivity index (χ3v) is 1.57. The number of nitrogens with zero attached hydrogens (tertiary/aromatic N) is 1. The van der Waals surface area contributed by atoms with E-state index in [-0.39, 0.29) is 5.69 Å². The fourth-order valence-corrected chi connectivity index (χ4v) is 0.886. The molecular formula is C8H10BF4NO3. The van der Waals surface area contributed by atoms with Gasteiger partial charge in [-0.3, -0.25) is 0 Å². The summed E-state index contributed by atoms with van der Waals surface area (Å²) in [5.74, 6) is -6.36. The van der Waals surface area contributed by atoms with E-state index in [0.717, 1.165) is 4.90 Å². The van der Waals surface area contributed by atoms with Gasteiger partial charge in [-0.1, -0.05) is 0 Å². The second-order valence-electron chi connectivity index (χ2n) is 3.06. The van der Waals surface area contributed by atoms with Gasteiger partial charge in [0.05, 0.1) is 5.69 Å². The van der Waals surface area contributed by atoms with E-state index in [1.54, 1.807) is 0 Å². The van der Waals surface area contributed by atoms with Crippen LogP contribution in [0.5, 0.6) is 0 Å². The Morgan fingerprint density at radius 1 is 0.941 bits per heavy atom. The number of halogens is 4. The molecule has 0 bridgehead atoms. The molecule has 3 N–H and O–H groups in total. The van der Waals surface area contributed by atoms with Crippen molar-refractivity contribution in [3.05, 3.63) is 29.3 Å². The minimum atomic E-state index is -2.17. The SMILES string of the molecule is CN(C)c1cc(F)c(F)c(F)c1F.OB(O)O. The van der Waals surface area contributed by atoms with E-state index >= 15 is 0 Å². The summed E-state index contributed by atoms with van der Waals surface area (Å²) in [5, 5.41) is 21.5. The van der Waals surface area contributed by atoms with E-state index in [2.05, 4.69) is 0 Å². The molecule has 0 amide bonds. The van der Waals surface area contributed by atoms with Crippen molar-refractivity contribution in [3.63, 3.8) is 0 Å². The van der Waals surface area contributed by atoms with E-state index in [1.807, 2.05) is 0 Å². The molecule has 0 atom stereocenters. The van der Waals surface area contributed by atoms with Crippen molar-refractivity contribution in [3.8, 4) is 0 Å². The van der Waals surface area contributed by atoms with Crippen LogP contribution in [0.1, 0.15) is 0 Å². The van der Waals surface area contributed by atoms with Gasteiger partial charge < -0.3 is 20.0 Å². The largest absolute Gasteiger partial charge is 0.631 e. The minimum absolute atomic E-state index is 0.323. The fraction of sp³-hybridized carbons (Fsp3) is 0.250. The van der Waals surface area contributed by atoms with E-state index in [0.29, 0.717) is 6.07 Å². The molecule has 4 nitrogen and oxygen atoms in total. The Hall–Kier alpha value is -1.32. The lowest BCUT2D eigenvalue weighted by Gasteiger charge is -2.13. The molecule has 0 aliphatic carbocycles. The number of hydrogen-bond donors (Lipinski definition) is 3. The molecule has 1 aromatic rings. The van der Waals surface area contributed by atoms with Crippen molar-refractivity contribution >= 4 is 13.0 Å². The third kappa shape index (κ3) is 4.59. The normalized spacial score (nSPS) is 9.47. The molecule has 1 aromatic carbocycles. The van der Waals surface area contributed by atoms with E-state index in [4.69, 9.17) is 15.1 Å². The first-order valence-electron chi connectivity index (χ1n) is 4.23. The average Bonchev–Trinajstić information content (AvgIpc) is 2.19. The molecule has 0 aliphatic heterocycles. The van der Waals surface area contributed by atoms with Gasteiger partial charge in [0.2, 0.25) is 0 Å². The van der Waals surface area contributed by atoms with Crippen molar-refractivity contribution < 1.29 is 32.6 Å². The maximum absolute atomic E-state index is 12.9. The smallest absolute Gasteiger partial charge is 0.402 e. The highest BCUT2D eigenvalue weighted by Crippen LogP contribution is 2.24. The Labute approximate surface area is 94.9 Å². The first-order valence-corrected chi connectivity index (χ1v) is 4.23. The first-order chi connectivity index (χ1) is 7.68. The van der Waals surface area contributed by atoms with Gasteiger partial charge in [-0.25, -0.2) is 17.6 Å². The first kappa shape index (κ1) is 15.7. The van der Waals surface area contributed by atoms with Crippen LogP contribution in [0.25, 0.3) is 0 Å². The minimum Gasteiger partial charge on any atom is -0.402 e. The van der Waals surface area contributed by atoms with E-state index < -0.39 is 30.6 Å². The van der Waals surface area contributed by atoms with Gasteiger partial charge in [0.15, 0.2) is 23.3 Å². The zero-order chi connectivity index (χ0) is 13.7. The molecule has 0 fully saturated rings. The van der Waals surface area contributed by atoms with Crippen LogP contribution in [0.4, 0.5) is 23.2 Å². The summed E-state index contributed by atoms with van der Waals surface area (Å²) in [5.41, 5.74) is -0.323. The summed E-state index contributed by atoms with van der Waals surface area (Å²) in [6.45, 7) is 0. The standard InChI is InChI=1S/C8H7F4N.BH3O3/c1-13(2)5-3-4(9)6(10)8(12)7(5)11;2-1(3)4/h3H,1-2H3;2-4H. The molecule has 0 spiro atoms. The molecule has 17 heavy (non-hydrogen) atoms. The van der Waals surface area contributed by atoms with Crippen LogP contribution >= 0.6 is 0 Å². The van der Waals surface area contributed by atoms with E-state index in [9.17, 15) is 17.6 Å². The van der Waals surface area contributed by atoms with Gasteiger partial charge in [0.1, 0.15) is 0 Å². The highest BCUT2D eigenvalue weighted by molar-refractivity contribution is 6.30. The van der Waals surface area contributed by atoms with Gasteiger partial charge >= 0.3 is 7.32 Å². The van der Waals surface area contributed by atoms with Crippen LogP contribution in [0, 0.1) is 23.3 Å². The number of anilines is 1. The van der Waals surface area contributed by atoms with Crippen LogP contribution in [-0.2, 0) is 0 Å². The van der Waals surface area contributed by atoms with Gasteiger partial charge in [-0.15, -0.1) is 0 Å². The Morgan fingerprint density at radius 2 is 1.35 bits per heavy atom. The second-order valence-corrected chi connectivity index (χ2v) is 3.06. The Morgan fingerprint density at radius 3 is 1.71 bits per heavy atom. The Balaban J connectivity index is 0.000000557. The summed E-state index contributed by atoms with van der Waals surface area (Å²) >= 11 is 0. The van der Waals surface area contributed by atoms with Crippen molar-refractivity contribution in [1.29, 1.82) is 0 Å². The molecule has 1 rings (SSSR count). The van der Waals surface area contributed by atoms with Crippen LogP contribution in [0.2, 0.25) is 0 Å².